The molecule has 0 radical (unpaired) electrons. The number of anilines is 4. The summed E-state index contributed by atoms with van der Waals surface area (Å²) in [5.41, 5.74) is 1.52. The predicted molar refractivity (Wildman–Crippen MR) is 176 cm³/mol. The van der Waals surface area contributed by atoms with Gasteiger partial charge in [-0.15, -0.1) is 0 Å². The summed E-state index contributed by atoms with van der Waals surface area (Å²) in [6, 6.07) is 0. The lowest BCUT2D eigenvalue weighted by Gasteiger charge is -2.35. The van der Waals surface area contributed by atoms with Crippen LogP contribution in [0.15, 0.2) is 0 Å². The Labute approximate surface area is 268 Å². The first-order valence-electron chi connectivity index (χ1n) is 16.1. The first-order chi connectivity index (χ1) is 22.1. The number of aromatic nitrogens is 4. The number of hydrogen-bond donors (Lipinski definition) is 0. The highest BCUT2D eigenvalue weighted by molar-refractivity contribution is 5.95. The molecule has 0 aliphatic carbocycles. The Morgan fingerprint density at radius 3 is 1.31 bits per heavy atom. The minimum atomic E-state index is 0.237. The highest BCUT2D eigenvalue weighted by Gasteiger charge is 2.29. The van der Waals surface area contributed by atoms with E-state index >= 15 is 0 Å². The highest BCUT2D eigenvalue weighted by Crippen LogP contribution is 2.35. The molecule has 0 amide bonds. The van der Waals surface area contributed by atoms with Crippen molar-refractivity contribution in [1.29, 1.82) is 0 Å². The van der Waals surface area contributed by atoms with Crippen LogP contribution in [0.3, 0.4) is 0 Å². The highest BCUT2D eigenvalue weighted by atomic mass is 16.5. The minimum Gasteiger partial charge on any atom is -0.384 e. The SMILES string of the molecule is COCCN(CCOC)c1nc(N2CCC(OC)CC2)c2nc(N(CCOC)CCOC)nc(N3CCC(COC)CC3)c2n1. The van der Waals surface area contributed by atoms with Gasteiger partial charge in [0.2, 0.25) is 11.9 Å². The monoisotopic (exact) mass is 634 g/mol. The van der Waals surface area contributed by atoms with Crippen molar-refractivity contribution in [3.05, 3.63) is 0 Å². The van der Waals surface area contributed by atoms with E-state index in [-0.39, 0.29) is 6.10 Å². The number of methoxy groups -OCH3 is 6. The van der Waals surface area contributed by atoms with Crippen LogP contribution in [0.1, 0.15) is 25.7 Å². The Morgan fingerprint density at radius 1 is 0.556 bits per heavy atom. The summed E-state index contributed by atoms with van der Waals surface area (Å²) in [4.78, 5) is 29.8. The van der Waals surface area contributed by atoms with Crippen molar-refractivity contribution in [2.75, 3.05) is 148 Å². The van der Waals surface area contributed by atoms with Crippen molar-refractivity contribution in [2.45, 2.75) is 31.8 Å². The zero-order chi connectivity index (χ0) is 32.0. The van der Waals surface area contributed by atoms with Crippen LogP contribution in [0.4, 0.5) is 23.5 Å². The first kappa shape index (κ1) is 35.2. The maximum absolute atomic E-state index is 5.70. The zero-order valence-corrected chi connectivity index (χ0v) is 28.2. The van der Waals surface area contributed by atoms with Gasteiger partial charge in [0.15, 0.2) is 11.6 Å². The van der Waals surface area contributed by atoms with Crippen LogP contribution in [0.2, 0.25) is 0 Å². The molecule has 2 aliphatic rings. The van der Waals surface area contributed by atoms with Crippen molar-refractivity contribution in [2.24, 2.45) is 5.92 Å². The van der Waals surface area contributed by atoms with Gasteiger partial charge >= 0.3 is 0 Å². The van der Waals surface area contributed by atoms with Gasteiger partial charge in [-0.3, -0.25) is 0 Å². The molecular formula is C31H54N8O6. The molecule has 45 heavy (non-hydrogen) atoms. The van der Waals surface area contributed by atoms with Crippen molar-refractivity contribution in [3.63, 3.8) is 0 Å². The third-order valence-electron chi connectivity index (χ3n) is 8.70. The number of rotatable bonds is 19. The molecule has 0 N–H and O–H groups in total. The number of nitrogens with zero attached hydrogens (tertiary/aromatic N) is 8. The second kappa shape index (κ2) is 18.5. The second-order valence-corrected chi connectivity index (χ2v) is 11.6. The van der Waals surface area contributed by atoms with Gasteiger partial charge in [-0.1, -0.05) is 0 Å². The van der Waals surface area contributed by atoms with Crippen LogP contribution in [0.25, 0.3) is 11.0 Å². The first-order valence-corrected chi connectivity index (χ1v) is 16.1. The van der Waals surface area contributed by atoms with Gasteiger partial charge in [0, 0.05) is 102 Å². The molecule has 0 saturated carbocycles. The Bertz CT molecular complexity index is 1130. The Kier molecular flexibility index (Phi) is 14.5. The average molecular weight is 635 g/mol. The lowest BCUT2D eigenvalue weighted by molar-refractivity contribution is 0.0818. The van der Waals surface area contributed by atoms with E-state index in [2.05, 4.69) is 19.6 Å². The van der Waals surface area contributed by atoms with E-state index in [1.54, 1.807) is 42.7 Å². The molecule has 2 aromatic heterocycles. The van der Waals surface area contributed by atoms with Crippen LogP contribution in [-0.2, 0) is 28.4 Å². The summed E-state index contributed by atoms with van der Waals surface area (Å²) >= 11 is 0. The second-order valence-electron chi connectivity index (χ2n) is 11.6. The normalized spacial score (nSPS) is 16.6. The van der Waals surface area contributed by atoms with Crippen LogP contribution in [0.5, 0.6) is 0 Å². The van der Waals surface area contributed by atoms with E-state index < -0.39 is 0 Å². The van der Waals surface area contributed by atoms with Gasteiger partial charge in [0.25, 0.3) is 0 Å². The molecular weight excluding hydrogens is 580 g/mol. The lowest BCUT2D eigenvalue weighted by atomic mass is 9.98. The van der Waals surface area contributed by atoms with E-state index in [1.165, 1.54) is 0 Å². The number of ether oxygens (including phenoxy) is 6. The summed E-state index contributed by atoms with van der Waals surface area (Å²) in [6.45, 7) is 8.84. The van der Waals surface area contributed by atoms with Crippen molar-refractivity contribution in [3.8, 4) is 0 Å². The van der Waals surface area contributed by atoms with Crippen LogP contribution >= 0.6 is 0 Å². The number of piperidine rings is 2. The van der Waals surface area contributed by atoms with Gasteiger partial charge < -0.3 is 48.0 Å². The summed E-state index contributed by atoms with van der Waals surface area (Å²) in [5.74, 6) is 3.44. The fourth-order valence-electron chi connectivity index (χ4n) is 5.97. The molecule has 0 aromatic carbocycles. The van der Waals surface area contributed by atoms with Gasteiger partial charge in [0.05, 0.1) is 32.5 Å². The van der Waals surface area contributed by atoms with Crippen molar-refractivity contribution in [1.82, 2.24) is 19.9 Å². The molecule has 0 unspecified atom stereocenters. The van der Waals surface area contributed by atoms with Crippen molar-refractivity contribution >= 4 is 34.6 Å². The van der Waals surface area contributed by atoms with Crippen LogP contribution < -0.4 is 19.6 Å². The Balaban J connectivity index is 1.89. The van der Waals surface area contributed by atoms with Gasteiger partial charge in [-0.2, -0.15) is 9.97 Å². The lowest BCUT2D eigenvalue weighted by Crippen LogP contribution is -2.39. The molecule has 2 saturated heterocycles. The fourth-order valence-corrected chi connectivity index (χ4v) is 5.97. The molecule has 0 bridgehead atoms. The molecule has 14 nitrogen and oxygen atoms in total. The van der Waals surface area contributed by atoms with Gasteiger partial charge in [-0.05, 0) is 31.6 Å². The van der Waals surface area contributed by atoms with Crippen molar-refractivity contribution < 1.29 is 28.4 Å². The Morgan fingerprint density at radius 2 is 0.956 bits per heavy atom. The predicted octanol–water partition coefficient (Wildman–Crippen LogP) is 2.10. The maximum atomic E-state index is 5.70. The van der Waals surface area contributed by atoms with E-state index in [0.717, 1.165) is 81.1 Å². The molecule has 4 heterocycles. The fraction of sp³-hybridized carbons (Fsp3) is 0.806. The average Bonchev–Trinajstić information content (AvgIpc) is 3.08. The van der Waals surface area contributed by atoms with E-state index in [9.17, 15) is 0 Å². The zero-order valence-electron chi connectivity index (χ0n) is 28.2. The number of fused-ring (bicyclic) bond motifs is 1. The summed E-state index contributed by atoms with van der Waals surface area (Å²) in [6.07, 6.45) is 4.12. The molecule has 0 atom stereocenters. The molecule has 254 valence electrons. The number of hydrogen-bond acceptors (Lipinski definition) is 14. The summed E-state index contributed by atoms with van der Waals surface area (Å²) in [7, 11) is 10.4. The van der Waals surface area contributed by atoms with Crippen LogP contribution in [0, 0.1) is 5.92 Å². The minimum absolute atomic E-state index is 0.237. The third kappa shape index (κ3) is 9.46. The third-order valence-corrected chi connectivity index (χ3v) is 8.70. The molecule has 2 fully saturated rings. The Hall–Kier alpha value is -2.62. The molecule has 14 heteroatoms. The van der Waals surface area contributed by atoms with E-state index in [1.807, 2.05) is 0 Å². The smallest absolute Gasteiger partial charge is 0.228 e. The molecule has 4 rings (SSSR count). The van der Waals surface area contributed by atoms with Crippen LogP contribution in [-0.4, -0.2) is 154 Å². The topological polar surface area (TPSA) is 120 Å². The van der Waals surface area contributed by atoms with Gasteiger partial charge in [-0.25, -0.2) is 9.97 Å². The summed E-state index contributed by atoms with van der Waals surface area (Å²) < 4.78 is 33.0. The standard InChI is InChI=1S/C31H54N8O6/c1-40-19-15-38(16-20-41-2)30-33-27-26(28(34-30)36-11-7-24(8-12-36)23-44-5)32-31(39(17-21-42-3)18-22-43-4)35-29(27)37-13-9-25(45-6)10-14-37/h24-25H,7-23H2,1-6H3. The maximum Gasteiger partial charge on any atom is 0.228 e. The quantitative estimate of drug-likeness (QED) is 0.224. The molecule has 2 aromatic rings. The molecule has 0 spiro atoms. The van der Waals surface area contributed by atoms with E-state index in [0.29, 0.717) is 70.4 Å². The van der Waals surface area contributed by atoms with Gasteiger partial charge in [0.1, 0.15) is 11.0 Å². The summed E-state index contributed by atoms with van der Waals surface area (Å²) in [5, 5.41) is 0. The van der Waals surface area contributed by atoms with E-state index in [4.69, 9.17) is 48.4 Å². The largest absolute Gasteiger partial charge is 0.384 e. The molecule has 2 aliphatic heterocycles.